The number of fused-ring (bicyclic) bond motifs is 1. The number of hydrogen-bond acceptors (Lipinski definition) is 3. The van der Waals surface area contributed by atoms with Crippen molar-refractivity contribution in [3.05, 3.63) is 59.7 Å². The minimum absolute atomic E-state index is 0.420. The first-order valence-electron chi connectivity index (χ1n) is 8.31. The molecule has 1 heterocycles. The molecule has 23 heavy (non-hydrogen) atoms. The number of benzene rings is 1. The third kappa shape index (κ3) is 4.41. The Morgan fingerprint density at radius 2 is 1.22 bits per heavy atom. The third-order valence-corrected chi connectivity index (χ3v) is 4.17. The summed E-state index contributed by atoms with van der Waals surface area (Å²) in [5, 5.41) is 0. The largest absolute Gasteiger partial charge is 0.386 e. The summed E-state index contributed by atoms with van der Waals surface area (Å²) in [6, 6.07) is 3.72. The fourth-order valence-electron chi connectivity index (χ4n) is 2.89. The van der Waals surface area contributed by atoms with Crippen LogP contribution in [0.2, 0.25) is 0 Å². The average molecular weight is 312 g/mol. The van der Waals surface area contributed by atoms with Gasteiger partial charge in [-0.3, -0.25) is 0 Å². The molecule has 1 aromatic carbocycles. The molecule has 0 saturated heterocycles. The molecule has 2 rings (SSSR count). The number of cyclic esters (lactones) is 2. The van der Waals surface area contributed by atoms with Gasteiger partial charge in [0.1, 0.15) is 0 Å². The zero-order chi connectivity index (χ0) is 16.7. The molecule has 3 heteroatoms. The van der Waals surface area contributed by atoms with Gasteiger partial charge in [0.15, 0.2) is 0 Å². The molecule has 0 N–H and O–H groups in total. The molecular formula is C20H24O3. The Labute approximate surface area is 138 Å². The minimum atomic E-state index is -0.518. The summed E-state index contributed by atoms with van der Waals surface area (Å²) in [5.41, 5.74) is 3.17. The Balaban J connectivity index is 2.16. The van der Waals surface area contributed by atoms with E-state index in [1.807, 2.05) is 24.3 Å². The fraction of sp³-hybridized carbons (Fsp3) is 0.400. The van der Waals surface area contributed by atoms with Crippen molar-refractivity contribution in [3.8, 4) is 0 Å². The van der Waals surface area contributed by atoms with Crippen LogP contribution in [0.5, 0.6) is 0 Å². The van der Waals surface area contributed by atoms with E-state index in [0.29, 0.717) is 11.1 Å². The second kappa shape index (κ2) is 8.47. The van der Waals surface area contributed by atoms with Gasteiger partial charge in [0, 0.05) is 0 Å². The van der Waals surface area contributed by atoms with Crippen LogP contribution in [0.3, 0.4) is 0 Å². The van der Waals surface area contributed by atoms with Crippen LogP contribution < -0.4 is 0 Å². The maximum absolute atomic E-state index is 11.7. The second-order valence-corrected chi connectivity index (χ2v) is 5.91. The van der Waals surface area contributed by atoms with Crippen molar-refractivity contribution < 1.29 is 14.3 Å². The molecule has 122 valence electrons. The van der Waals surface area contributed by atoms with Crippen molar-refractivity contribution in [1.29, 1.82) is 0 Å². The molecule has 0 radical (unpaired) electrons. The lowest BCUT2D eigenvalue weighted by Crippen LogP contribution is -2.01. The highest BCUT2D eigenvalue weighted by molar-refractivity contribution is 6.14. The van der Waals surface area contributed by atoms with Gasteiger partial charge in [-0.2, -0.15) is 0 Å². The van der Waals surface area contributed by atoms with Crippen LogP contribution >= 0.6 is 0 Å². The zero-order valence-corrected chi connectivity index (χ0v) is 13.6. The fourth-order valence-corrected chi connectivity index (χ4v) is 2.89. The summed E-state index contributed by atoms with van der Waals surface area (Å²) >= 11 is 0. The van der Waals surface area contributed by atoms with E-state index in [-0.39, 0.29) is 0 Å². The van der Waals surface area contributed by atoms with Gasteiger partial charge < -0.3 is 4.74 Å². The maximum Gasteiger partial charge on any atom is 0.346 e. The Kier molecular flexibility index (Phi) is 6.33. The van der Waals surface area contributed by atoms with E-state index in [0.717, 1.165) is 62.5 Å². The first kappa shape index (κ1) is 17.2. The van der Waals surface area contributed by atoms with Crippen molar-refractivity contribution in [2.24, 2.45) is 0 Å². The third-order valence-electron chi connectivity index (χ3n) is 4.17. The summed E-state index contributed by atoms with van der Waals surface area (Å²) in [4.78, 5) is 23.5. The topological polar surface area (TPSA) is 43.4 Å². The lowest BCUT2D eigenvalue weighted by Gasteiger charge is -2.11. The number of ether oxygens (including phenoxy) is 1. The predicted molar refractivity (Wildman–Crippen MR) is 91.7 cm³/mol. The molecule has 1 aliphatic rings. The van der Waals surface area contributed by atoms with Gasteiger partial charge in [-0.15, -0.1) is 13.2 Å². The van der Waals surface area contributed by atoms with Crippen LogP contribution in [-0.4, -0.2) is 11.9 Å². The molecule has 1 aliphatic heterocycles. The predicted octanol–water partition coefficient (Wildman–Crippen LogP) is 4.79. The number of unbranched alkanes of at least 4 members (excludes halogenated alkanes) is 4. The highest BCUT2D eigenvalue weighted by atomic mass is 16.6. The first-order valence-corrected chi connectivity index (χ1v) is 8.31. The van der Waals surface area contributed by atoms with Gasteiger partial charge in [-0.25, -0.2) is 9.59 Å². The van der Waals surface area contributed by atoms with Crippen LogP contribution in [0.4, 0.5) is 0 Å². The lowest BCUT2D eigenvalue weighted by molar-refractivity contribution is 0.0443. The molecule has 3 nitrogen and oxygen atoms in total. The SMILES string of the molecule is C=CCCCCc1cc2c(cc1CCCCC=C)C(=O)OC2=O. The molecule has 0 saturated carbocycles. The summed E-state index contributed by atoms with van der Waals surface area (Å²) in [6.45, 7) is 7.48. The number of carbonyl (C=O) groups excluding carboxylic acids is 2. The van der Waals surface area contributed by atoms with Crippen LogP contribution in [0.15, 0.2) is 37.4 Å². The molecule has 0 fully saturated rings. The number of aryl methyl sites for hydroxylation is 2. The van der Waals surface area contributed by atoms with E-state index in [1.54, 1.807) is 0 Å². The molecule has 0 atom stereocenters. The van der Waals surface area contributed by atoms with Gasteiger partial charge in [-0.05, 0) is 74.6 Å². The number of rotatable bonds is 10. The molecular weight excluding hydrogens is 288 g/mol. The summed E-state index contributed by atoms with van der Waals surface area (Å²) in [7, 11) is 0. The van der Waals surface area contributed by atoms with Crippen molar-refractivity contribution in [1.82, 2.24) is 0 Å². The maximum atomic E-state index is 11.7. The van der Waals surface area contributed by atoms with E-state index < -0.39 is 11.9 Å². The van der Waals surface area contributed by atoms with E-state index in [2.05, 4.69) is 13.2 Å². The second-order valence-electron chi connectivity index (χ2n) is 5.91. The van der Waals surface area contributed by atoms with Gasteiger partial charge in [0.2, 0.25) is 0 Å². The molecule has 0 aromatic heterocycles. The molecule has 0 aliphatic carbocycles. The van der Waals surface area contributed by atoms with Crippen molar-refractivity contribution in [3.63, 3.8) is 0 Å². The molecule has 1 aromatic rings. The minimum Gasteiger partial charge on any atom is -0.386 e. The Bertz CT molecular complexity index is 561. The summed E-state index contributed by atoms with van der Waals surface area (Å²) < 4.78 is 4.72. The number of allylic oxidation sites excluding steroid dienone is 2. The van der Waals surface area contributed by atoms with Crippen molar-refractivity contribution in [2.45, 2.75) is 51.4 Å². The van der Waals surface area contributed by atoms with Crippen LogP contribution in [-0.2, 0) is 17.6 Å². The Morgan fingerprint density at radius 3 is 1.61 bits per heavy atom. The van der Waals surface area contributed by atoms with Gasteiger partial charge in [0.25, 0.3) is 0 Å². The first-order chi connectivity index (χ1) is 11.2. The van der Waals surface area contributed by atoms with Crippen molar-refractivity contribution >= 4 is 11.9 Å². The molecule has 0 amide bonds. The van der Waals surface area contributed by atoms with E-state index >= 15 is 0 Å². The average Bonchev–Trinajstić information content (AvgIpc) is 2.82. The quantitative estimate of drug-likeness (QED) is 0.270. The van der Waals surface area contributed by atoms with Crippen molar-refractivity contribution in [2.75, 3.05) is 0 Å². The van der Waals surface area contributed by atoms with Crippen LogP contribution in [0, 0.1) is 0 Å². The zero-order valence-electron chi connectivity index (χ0n) is 13.6. The van der Waals surface area contributed by atoms with E-state index in [9.17, 15) is 9.59 Å². The Hall–Kier alpha value is -2.16. The van der Waals surface area contributed by atoms with Gasteiger partial charge >= 0.3 is 11.9 Å². The summed E-state index contributed by atoms with van der Waals surface area (Å²) in [5.74, 6) is -1.04. The van der Waals surface area contributed by atoms with Gasteiger partial charge in [-0.1, -0.05) is 12.2 Å². The highest BCUT2D eigenvalue weighted by Gasteiger charge is 2.30. The number of esters is 2. The normalized spacial score (nSPS) is 12.9. The number of carbonyl (C=O) groups is 2. The molecule has 0 spiro atoms. The molecule has 0 bridgehead atoms. The standard InChI is InChI=1S/C20H24O3/c1-3-5-7-9-11-15-13-17-18(20(22)23-19(17)21)14-16(15)12-10-8-6-4-2/h3-4,13-14H,1-2,5-12H2. The van der Waals surface area contributed by atoms with Crippen LogP contribution in [0.1, 0.15) is 70.4 Å². The Morgan fingerprint density at radius 1 is 0.783 bits per heavy atom. The monoisotopic (exact) mass is 312 g/mol. The number of hydrogen-bond donors (Lipinski definition) is 0. The van der Waals surface area contributed by atoms with Gasteiger partial charge in [0.05, 0.1) is 11.1 Å². The van der Waals surface area contributed by atoms with Crippen LogP contribution in [0.25, 0.3) is 0 Å². The smallest absolute Gasteiger partial charge is 0.346 e. The lowest BCUT2D eigenvalue weighted by atomic mass is 9.92. The highest BCUT2D eigenvalue weighted by Crippen LogP contribution is 2.26. The van der Waals surface area contributed by atoms with E-state index in [1.165, 1.54) is 0 Å². The molecule has 0 unspecified atom stereocenters. The summed E-state index contributed by atoms with van der Waals surface area (Å²) in [6.07, 6.45) is 11.9. The van der Waals surface area contributed by atoms with E-state index in [4.69, 9.17) is 4.74 Å².